The molecule has 0 spiro atoms. The van der Waals surface area contributed by atoms with Gasteiger partial charge in [-0.25, -0.2) is 0 Å². The minimum absolute atomic E-state index is 0.118. The second-order valence-electron chi connectivity index (χ2n) is 4.78. The second kappa shape index (κ2) is 5.96. The van der Waals surface area contributed by atoms with Crippen LogP contribution in [0, 0.1) is 0 Å². The van der Waals surface area contributed by atoms with Gasteiger partial charge in [-0.3, -0.25) is 4.79 Å². The summed E-state index contributed by atoms with van der Waals surface area (Å²) in [6.45, 7) is 0.945. The quantitative estimate of drug-likeness (QED) is 0.784. The van der Waals surface area contributed by atoms with Crippen molar-refractivity contribution in [2.75, 3.05) is 13.2 Å². The molecule has 2 aromatic rings. The van der Waals surface area contributed by atoms with Crippen LogP contribution in [-0.4, -0.2) is 19.5 Å². The highest BCUT2D eigenvalue weighted by molar-refractivity contribution is 6.36. The summed E-state index contributed by atoms with van der Waals surface area (Å²) in [7, 11) is 0. The van der Waals surface area contributed by atoms with E-state index in [-0.39, 0.29) is 5.92 Å². The van der Waals surface area contributed by atoms with Crippen LogP contribution in [0.25, 0.3) is 0 Å². The summed E-state index contributed by atoms with van der Waals surface area (Å²) in [6.07, 6.45) is 0.687. The van der Waals surface area contributed by atoms with E-state index in [1.54, 1.807) is 6.07 Å². The summed E-state index contributed by atoms with van der Waals surface area (Å²) in [4.78, 5) is 11.1. The molecule has 0 amide bonds. The first-order chi connectivity index (χ1) is 10.2. The molecule has 5 heteroatoms. The van der Waals surface area contributed by atoms with Gasteiger partial charge in [-0.1, -0.05) is 41.4 Å². The van der Waals surface area contributed by atoms with Crippen LogP contribution in [0.4, 0.5) is 0 Å². The molecule has 1 unspecified atom stereocenters. The van der Waals surface area contributed by atoms with E-state index in [1.807, 2.05) is 24.3 Å². The lowest BCUT2D eigenvalue weighted by molar-refractivity contribution is 0.111. The standard InChI is InChI=1S/C16H12Cl2O3/c17-12-5-10(7-19)16(14(18)6-12)21-9-11-8-20-15-4-2-1-3-13(11)15/h1-7,11H,8-9H2. The first-order valence-electron chi connectivity index (χ1n) is 6.48. The summed E-state index contributed by atoms with van der Waals surface area (Å²) >= 11 is 12.0. The average Bonchev–Trinajstić information content (AvgIpc) is 2.89. The lowest BCUT2D eigenvalue weighted by atomic mass is 10.0. The lowest BCUT2D eigenvalue weighted by Crippen LogP contribution is -2.12. The molecular formula is C16H12Cl2O3. The van der Waals surface area contributed by atoms with Crippen LogP contribution >= 0.6 is 23.2 Å². The van der Waals surface area contributed by atoms with Crippen molar-refractivity contribution in [1.29, 1.82) is 0 Å². The van der Waals surface area contributed by atoms with Gasteiger partial charge in [-0.05, 0) is 18.2 Å². The van der Waals surface area contributed by atoms with Gasteiger partial charge in [0.25, 0.3) is 0 Å². The van der Waals surface area contributed by atoms with Crippen LogP contribution in [0.15, 0.2) is 36.4 Å². The van der Waals surface area contributed by atoms with Crippen molar-refractivity contribution >= 4 is 29.5 Å². The molecule has 1 aliphatic rings. The van der Waals surface area contributed by atoms with Crippen molar-refractivity contribution in [2.24, 2.45) is 0 Å². The third-order valence-corrected chi connectivity index (χ3v) is 3.89. The Morgan fingerprint density at radius 2 is 2.10 bits per heavy atom. The molecule has 2 aromatic carbocycles. The Bertz CT molecular complexity index is 685. The van der Waals surface area contributed by atoms with Crippen molar-refractivity contribution in [3.8, 4) is 11.5 Å². The van der Waals surface area contributed by atoms with Crippen LogP contribution < -0.4 is 9.47 Å². The molecule has 0 saturated carbocycles. The van der Waals surface area contributed by atoms with Crippen LogP contribution in [0.3, 0.4) is 0 Å². The number of fused-ring (bicyclic) bond motifs is 1. The number of aldehydes is 1. The molecule has 21 heavy (non-hydrogen) atoms. The second-order valence-corrected chi connectivity index (χ2v) is 5.62. The highest BCUT2D eigenvalue weighted by Gasteiger charge is 2.25. The Labute approximate surface area is 132 Å². The average molecular weight is 323 g/mol. The summed E-state index contributed by atoms with van der Waals surface area (Å²) in [5, 5.41) is 0.737. The van der Waals surface area contributed by atoms with Gasteiger partial charge < -0.3 is 9.47 Å². The molecule has 0 saturated heterocycles. The number of rotatable bonds is 4. The number of carbonyl (C=O) groups is 1. The monoisotopic (exact) mass is 322 g/mol. The first-order valence-corrected chi connectivity index (χ1v) is 7.23. The molecule has 3 rings (SSSR count). The number of hydrogen-bond donors (Lipinski definition) is 0. The molecule has 0 fully saturated rings. The molecule has 0 N–H and O–H groups in total. The molecule has 1 atom stereocenters. The third kappa shape index (κ3) is 2.85. The molecule has 0 aromatic heterocycles. The largest absolute Gasteiger partial charge is 0.493 e. The summed E-state index contributed by atoms with van der Waals surface area (Å²) < 4.78 is 11.4. The van der Waals surface area contributed by atoms with Crippen LogP contribution in [-0.2, 0) is 0 Å². The Morgan fingerprint density at radius 1 is 1.29 bits per heavy atom. The number of para-hydroxylation sites is 1. The molecule has 0 aliphatic carbocycles. The normalized spacial score (nSPS) is 16.2. The van der Waals surface area contributed by atoms with E-state index in [1.165, 1.54) is 6.07 Å². The van der Waals surface area contributed by atoms with E-state index in [2.05, 4.69) is 0 Å². The zero-order valence-electron chi connectivity index (χ0n) is 11.0. The molecule has 1 heterocycles. The number of benzene rings is 2. The lowest BCUT2D eigenvalue weighted by Gasteiger charge is -2.14. The van der Waals surface area contributed by atoms with Gasteiger partial charge in [0.2, 0.25) is 0 Å². The van der Waals surface area contributed by atoms with Crippen molar-refractivity contribution in [1.82, 2.24) is 0 Å². The van der Waals surface area contributed by atoms with Crippen molar-refractivity contribution in [2.45, 2.75) is 5.92 Å². The zero-order chi connectivity index (χ0) is 14.8. The molecule has 1 aliphatic heterocycles. The van der Waals surface area contributed by atoms with Crippen LogP contribution in [0.5, 0.6) is 11.5 Å². The van der Waals surface area contributed by atoms with Crippen LogP contribution in [0.2, 0.25) is 10.0 Å². The number of ether oxygens (including phenoxy) is 2. The van der Waals surface area contributed by atoms with Gasteiger partial charge in [0, 0.05) is 10.6 Å². The molecule has 108 valence electrons. The van der Waals surface area contributed by atoms with Gasteiger partial charge in [0.05, 0.1) is 29.7 Å². The molecule has 3 nitrogen and oxygen atoms in total. The summed E-state index contributed by atoms with van der Waals surface area (Å²) in [6, 6.07) is 10.9. The minimum Gasteiger partial charge on any atom is -0.493 e. The van der Waals surface area contributed by atoms with E-state index in [0.717, 1.165) is 11.3 Å². The van der Waals surface area contributed by atoms with Gasteiger partial charge in [-0.2, -0.15) is 0 Å². The van der Waals surface area contributed by atoms with E-state index in [4.69, 9.17) is 32.7 Å². The van der Waals surface area contributed by atoms with E-state index in [9.17, 15) is 4.79 Å². The van der Waals surface area contributed by atoms with Crippen LogP contribution in [0.1, 0.15) is 21.8 Å². The maximum Gasteiger partial charge on any atom is 0.153 e. The summed E-state index contributed by atoms with van der Waals surface area (Å²) in [5.41, 5.74) is 1.45. The predicted octanol–water partition coefficient (Wildman–Crippen LogP) is 4.36. The Hall–Kier alpha value is -1.71. The first kappa shape index (κ1) is 14.2. The van der Waals surface area contributed by atoms with Gasteiger partial charge >= 0.3 is 0 Å². The highest BCUT2D eigenvalue weighted by Crippen LogP contribution is 2.36. The third-order valence-electron chi connectivity index (χ3n) is 3.39. The fourth-order valence-corrected chi connectivity index (χ4v) is 2.94. The maximum absolute atomic E-state index is 11.1. The van der Waals surface area contributed by atoms with E-state index in [0.29, 0.717) is 40.9 Å². The van der Waals surface area contributed by atoms with Gasteiger partial charge in [0.15, 0.2) is 6.29 Å². The molecular weight excluding hydrogens is 311 g/mol. The van der Waals surface area contributed by atoms with Crippen molar-refractivity contribution in [3.05, 3.63) is 57.6 Å². The molecule has 0 radical (unpaired) electrons. The number of carbonyl (C=O) groups excluding carboxylic acids is 1. The Kier molecular flexibility index (Phi) is 4.04. The topological polar surface area (TPSA) is 35.5 Å². The molecule has 0 bridgehead atoms. The maximum atomic E-state index is 11.1. The van der Waals surface area contributed by atoms with Gasteiger partial charge in [-0.15, -0.1) is 0 Å². The summed E-state index contributed by atoms with van der Waals surface area (Å²) in [5.74, 6) is 1.36. The SMILES string of the molecule is O=Cc1cc(Cl)cc(Cl)c1OCC1COc2ccccc21. The smallest absolute Gasteiger partial charge is 0.153 e. The minimum atomic E-state index is 0.118. The Morgan fingerprint density at radius 3 is 2.90 bits per heavy atom. The fourth-order valence-electron chi connectivity index (χ4n) is 2.37. The van der Waals surface area contributed by atoms with Gasteiger partial charge in [0.1, 0.15) is 11.5 Å². The predicted molar refractivity (Wildman–Crippen MR) is 82.0 cm³/mol. The Balaban J connectivity index is 1.79. The van der Waals surface area contributed by atoms with Crippen molar-refractivity contribution in [3.63, 3.8) is 0 Å². The number of halogens is 2. The van der Waals surface area contributed by atoms with Crippen molar-refractivity contribution < 1.29 is 14.3 Å². The fraction of sp³-hybridized carbons (Fsp3) is 0.188. The number of hydrogen-bond acceptors (Lipinski definition) is 3. The van der Waals surface area contributed by atoms with E-state index >= 15 is 0 Å². The van der Waals surface area contributed by atoms with E-state index < -0.39 is 0 Å². The highest BCUT2D eigenvalue weighted by atomic mass is 35.5. The zero-order valence-corrected chi connectivity index (χ0v) is 12.5.